The van der Waals surface area contributed by atoms with Crippen LogP contribution in [0.15, 0.2) is 30.5 Å². The molecular weight excluding hydrogens is 466 g/mol. The van der Waals surface area contributed by atoms with Gasteiger partial charge in [-0.2, -0.15) is 0 Å². The summed E-state index contributed by atoms with van der Waals surface area (Å²) in [4.78, 5) is 53.3. The number of carbonyl (C=O) groups is 4. The minimum atomic E-state index is -1.41. The Morgan fingerprint density at radius 1 is 0.972 bits per heavy atom. The Kier molecular flexibility index (Phi) is 10.4. The number of carboxylic acid groups (broad SMARTS) is 1. The number of rotatable bonds is 13. The molecule has 0 aliphatic heterocycles. The van der Waals surface area contributed by atoms with Gasteiger partial charge in [0.15, 0.2) is 0 Å². The Bertz CT molecular complexity index is 1070. The molecule has 5 unspecified atom stereocenters. The second-order valence-electron chi connectivity index (χ2n) is 9.35. The number of H-pyrrole nitrogens is 1. The number of hydrogen-bond acceptors (Lipinski definition) is 6. The molecule has 0 saturated carbocycles. The highest BCUT2D eigenvalue weighted by Gasteiger charge is 2.32. The molecule has 1 aromatic carbocycles. The van der Waals surface area contributed by atoms with Crippen LogP contribution in [0.2, 0.25) is 0 Å². The third kappa shape index (κ3) is 7.28. The number of benzene rings is 1. The van der Waals surface area contributed by atoms with Crippen molar-refractivity contribution in [3.8, 4) is 0 Å². The lowest BCUT2D eigenvalue weighted by atomic mass is 9.98. The van der Waals surface area contributed by atoms with Crippen molar-refractivity contribution in [2.45, 2.75) is 64.7 Å². The second kappa shape index (κ2) is 13.0. The molecule has 2 rings (SSSR count). The van der Waals surface area contributed by atoms with Crippen LogP contribution in [-0.2, 0) is 25.6 Å². The summed E-state index contributed by atoms with van der Waals surface area (Å²) in [5.41, 5.74) is 7.68. The van der Waals surface area contributed by atoms with Gasteiger partial charge in [-0.05, 0) is 23.5 Å². The van der Waals surface area contributed by atoms with Crippen LogP contribution in [0.25, 0.3) is 10.9 Å². The molecule has 1 aromatic heterocycles. The lowest BCUT2D eigenvalue weighted by molar-refractivity contribution is -0.143. The zero-order valence-electron chi connectivity index (χ0n) is 21.1. The molecule has 2 aromatic rings. The van der Waals surface area contributed by atoms with E-state index in [9.17, 15) is 29.4 Å². The molecule has 0 spiro atoms. The van der Waals surface area contributed by atoms with E-state index in [4.69, 9.17) is 5.73 Å². The van der Waals surface area contributed by atoms with Crippen molar-refractivity contribution in [2.24, 2.45) is 17.6 Å². The molecule has 0 saturated heterocycles. The van der Waals surface area contributed by atoms with E-state index in [1.165, 1.54) is 0 Å². The number of hydrogen-bond donors (Lipinski definition) is 7. The fourth-order valence-electron chi connectivity index (χ4n) is 3.74. The van der Waals surface area contributed by atoms with Crippen LogP contribution >= 0.6 is 0 Å². The van der Waals surface area contributed by atoms with Gasteiger partial charge in [-0.25, -0.2) is 4.79 Å². The number of amides is 3. The van der Waals surface area contributed by atoms with Gasteiger partial charge >= 0.3 is 5.97 Å². The van der Waals surface area contributed by atoms with Crippen LogP contribution in [0.4, 0.5) is 0 Å². The topological polar surface area (TPSA) is 187 Å². The summed E-state index contributed by atoms with van der Waals surface area (Å²) in [6, 6.07) is 2.93. The van der Waals surface area contributed by atoms with Gasteiger partial charge in [0, 0.05) is 23.5 Å². The number of para-hydroxylation sites is 1. The number of aliphatic carboxylic acids is 1. The quantitative estimate of drug-likeness (QED) is 0.204. The maximum Gasteiger partial charge on any atom is 0.326 e. The summed E-state index contributed by atoms with van der Waals surface area (Å²) in [5.74, 6) is -3.85. The average Bonchev–Trinajstić information content (AvgIpc) is 3.26. The van der Waals surface area contributed by atoms with Crippen LogP contribution in [-0.4, -0.2) is 69.7 Å². The van der Waals surface area contributed by atoms with E-state index in [0.29, 0.717) is 6.42 Å². The Morgan fingerprint density at radius 2 is 1.58 bits per heavy atom. The molecular formula is C25H37N5O6. The normalized spacial score (nSPS) is 15.5. The monoisotopic (exact) mass is 503 g/mol. The van der Waals surface area contributed by atoms with E-state index in [-0.39, 0.29) is 12.3 Å². The van der Waals surface area contributed by atoms with Gasteiger partial charge in [-0.3, -0.25) is 14.4 Å². The fourth-order valence-corrected chi connectivity index (χ4v) is 3.74. The first-order valence-corrected chi connectivity index (χ1v) is 12.0. The number of nitrogens with one attached hydrogen (secondary N) is 4. The molecule has 0 aliphatic carbocycles. The first kappa shape index (κ1) is 28.8. The molecule has 198 valence electrons. The Morgan fingerprint density at radius 3 is 2.17 bits per heavy atom. The maximum atomic E-state index is 13.2. The largest absolute Gasteiger partial charge is 0.480 e. The molecule has 11 nitrogen and oxygen atoms in total. The number of aliphatic hydroxyl groups excluding tert-OH is 1. The number of aromatic nitrogens is 1. The van der Waals surface area contributed by atoms with Gasteiger partial charge in [0.05, 0.1) is 12.6 Å². The number of carbonyl (C=O) groups excluding carboxylic acids is 3. The summed E-state index contributed by atoms with van der Waals surface area (Å²) in [6.45, 7) is 6.22. The zero-order chi connectivity index (χ0) is 27.0. The smallest absolute Gasteiger partial charge is 0.326 e. The molecule has 5 atom stereocenters. The number of nitrogens with two attached hydrogens (primary N) is 1. The molecule has 0 bridgehead atoms. The van der Waals surface area contributed by atoms with Crippen molar-refractivity contribution in [3.05, 3.63) is 36.0 Å². The third-order valence-electron chi connectivity index (χ3n) is 6.34. The highest BCUT2D eigenvalue weighted by Crippen LogP contribution is 2.19. The Hall–Kier alpha value is -3.44. The van der Waals surface area contributed by atoms with Crippen LogP contribution in [0, 0.1) is 11.8 Å². The average molecular weight is 504 g/mol. The minimum absolute atomic E-state index is 0.0956. The minimum Gasteiger partial charge on any atom is -0.480 e. The highest BCUT2D eigenvalue weighted by atomic mass is 16.4. The second-order valence-corrected chi connectivity index (χ2v) is 9.35. The number of fused-ring (bicyclic) bond motifs is 1. The van der Waals surface area contributed by atoms with Gasteiger partial charge in [-0.15, -0.1) is 0 Å². The summed E-state index contributed by atoms with van der Waals surface area (Å²) < 4.78 is 0. The van der Waals surface area contributed by atoms with Crippen molar-refractivity contribution >= 4 is 34.6 Å². The SMILES string of the molecule is CCC(C)C(N)C(=O)NC(Cc1c[nH]c2ccccc12)C(=O)NC(CO)C(=O)NC(C(=O)O)C(C)C. The van der Waals surface area contributed by atoms with Crippen molar-refractivity contribution in [1.82, 2.24) is 20.9 Å². The summed E-state index contributed by atoms with van der Waals surface area (Å²) in [5, 5.41) is 27.4. The van der Waals surface area contributed by atoms with Crippen LogP contribution in [0.5, 0.6) is 0 Å². The van der Waals surface area contributed by atoms with Gasteiger partial charge in [0.25, 0.3) is 0 Å². The predicted molar refractivity (Wildman–Crippen MR) is 135 cm³/mol. The Balaban J connectivity index is 2.26. The standard InChI is InChI=1S/C25H37N5O6/c1-5-14(4)20(26)24(34)28-18(10-15-11-27-17-9-7-6-8-16(15)17)22(32)29-19(12-31)23(33)30-21(13(2)3)25(35)36/h6-9,11,13-14,18-21,27,31H,5,10,12,26H2,1-4H3,(H,28,34)(H,29,32)(H,30,33)(H,35,36). The van der Waals surface area contributed by atoms with E-state index < -0.39 is 60.4 Å². The third-order valence-corrected chi connectivity index (χ3v) is 6.34. The molecule has 3 amide bonds. The van der Waals surface area contributed by atoms with Gasteiger partial charge in [0.1, 0.15) is 18.1 Å². The Labute approximate surface area is 210 Å². The van der Waals surface area contributed by atoms with Gasteiger partial charge in [0.2, 0.25) is 17.7 Å². The van der Waals surface area contributed by atoms with Crippen LogP contribution < -0.4 is 21.7 Å². The fraction of sp³-hybridized carbons (Fsp3) is 0.520. The summed E-state index contributed by atoms with van der Waals surface area (Å²) in [7, 11) is 0. The molecule has 8 N–H and O–H groups in total. The predicted octanol–water partition coefficient (Wildman–Crippen LogP) is 0.271. The number of aliphatic hydroxyl groups is 1. The lowest BCUT2D eigenvalue weighted by Gasteiger charge is -2.26. The van der Waals surface area contributed by atoms with E-state index >= 15 is 0 Å². The van der Waals surface area contributed by atoms with Gasteiger partial charge in [-0.1, -0.05) is 52.3 Å². The van der Waals surface area contributed by atoms with Crippen molar-refractivity contribution in [2.75, 3.05) is 6.61 Å². The van der Waals surface area contributed by atoms with Crippen molar-refractivity contribution < 1.29 is 29.4 Å². The summed E-state index contributed by atoms with van der Waals surface area (Å²) in [6.07, 6.45) is 2.50. The maximum absolute atomic E-state index is 13.2. The molecule has 1 heterocycles. The highest BCUT2D eigenvalue weighted by molar-refractivity contribution is 5.95. The van der Waals surface area contributed by atoms with E-state index in [2.05, 4.69) is 20.9 Å². The number of carboxylic acids is 1. The zero-order valence-corrected chi connectivity index (χ0v) is 21.1. The van der Waals surface area contributed by atoms with E-state index in [0.717, 1.165) is 16.5 Å². The summed E-state index contributed by atoms with van der Waals surface area (Å²) >= 11 is 0. The molecule has 0 aliphatic rings. The van der Waals surface area contributed by atoms with Crippen LogP contribution in [0.1, 0.15) is 39.7 Å². The van der Waals surface area contributed by atoms with Crippen molar-refractivity contribution in [1.29, 1.82) is 0 Å². The van der Waals surface area contributed by atoms with Crippen LogP contribution in [0.3, 0.4) is 0 Å². The first-order chi connectivity index (χ1) is 17.0. The van der Waals surface area contributed by atoms with Gasteiger partial charge < -0.3 is 36.9 Å². The lowest BCUT2D eigenvalue weighted by Crippen LogP contribution is -2.59. The number of aromatic amines is 1. The first-order valence-electron chi connectivity index (χ1n) is 12.0. The molecule has 11 heteroatoms. The van der Waals surface area contributed by atoms with E-state index in [1.54, 1.807) is 20.0 Å². The molecule has 36 heavy (non-hydrogen) atoms. The molecule has 0 fully saturated rings. The van der Waals surface area contributed by atoms with E-state index in [1.807, 2.05) is 38.1 Å². The van der Waals surface area contributed by atoms with Crippen molar-refractivity contribution in [3.63, 3.8) is 0 Å². The molecule has 0 radical (unpaired) electrons.